The molecule has 9 unspecified atom stereocenters. The summed E-state index contributed by atoms with van der Waals surface area (Å²) in [6, 6.07) is 0. The van der Waals surface area contributed by atoms with Gasteiger partial charge in [-0.2, -0.15) is 0 Å². The second-order valence-corrected chi connectivity index (χ2v) is 13.0. The molecule has 2 N–H and O–H groups in total. The van der Waals surface area contributed by atoms with Gasteiger partial charge in [0.2, 0.25) is 0 Å². The molecule has 4 saturated carbocycles. The van der Waals surface area contributed by atoms with E-state index >= 15 is 0 Å². The molecule has 0 aliphatic heterocycles. The minimum atomic E-state index is -0.182. The van der Waals surface area contributed by atoms with E-state index in [1.165, 1.54) is 57.8 Å². The summed E-state index contributed by atoms with van der Waals surface area (Å²) in [6.45, 7) is 15.3. The fraction of sp³-hybridized carbons (Fsp3) is 1.00. The van der Waals surface area contributed by atoms with Crippen LogP contribution in [0.4, 0.5) is 0 Å². The molecule has 168 valence electrons. The van der Waals surface area contributed by atoms with Crippen molar-refractivity contribution in [2.75, 3.05) is 6.61 Å². The van der Waals surface area contributed by atoms with Crippen LogP contribution in [0.15, 0.2) is 0 Å². The Morgan fingerprint density at radius 3 is 2.28 bits per heavy atom. The zero-order valence-corrected chi connectivity index (χ0v) is 20.1. The van der Waals surface area contributed by atoms with Crippen LogP contribution in [0.1, 0.15) is 106 Å². The third-order valence-corrected chi connectivity index (χ3v) is 12.1. The third-order valence-electron chi connectivity index (χ3n) is 12.1. The number of hydrogen-bond acceptors (Lipinski definition) is 2. The lowest BCUT2D eigenvalue weighted by atomic mass is 9.34. The Bertz CT molecular complexity index is 616. The fourth-order valence-corrected chi connectivity index (χ4v) is 9.85. The summed E-state index contributed by atoms with van der Waals surface area (Å²) < 4.78 is 0. The van der Waals surface area contributed by atoms with E-state index in [1.807, 2.05) is 6.92 Å². The summed E-state index contributed by atoms with van der Waals surface area (Å²) in [7, 11) is 0. The van der Waals surface area contributed by atoms with Gasteiger partial charge in [0, 0.05) is 6.61 Å². The Kier molecular flexibility index (Phi) is 5.51. The first-order valence-corrected chi connectivity index (χ1v) is 12.8. The van der Waals surface area contributed by atoms with Gasteiger partial charge in [-0.05, 0) is 122 Å². The van der Waals surface area contributed by atoms with Crippen LogP contribution >= 0.6 is 0 Å². The van der Waals surface area contributed by atoms with Gasteiger partial charge >= 0.3 is 0 Å². The number of aliphatic hydroxyl groups is 2. The lowest BCUT2D eigenvalue weighted by molar-refractivity contribution is -0.222. The normalized spacial score (nSPS) is 55.7. The zero-order valence-electron chi connectivity index (χ0n) is 20.1. The van der Waals surface area contributed by atoms with Crippen molar-refractivity contribution >= 4 is 0 Å². The van der Waals surface area contributed by atoms with E-state index in [2.05, 4.69) is 34.6 Å². The molecule has 4 rings (SSSR count). The lowest BCUT2D eigenvalue weighted by Crippen LogP contribution is -2.64. The van der Waals surface area contributed by atoms with Crippen molar-refractivity contribution in [1.82, 2.24) is 0 Å². The maximum atomic E-state index is 10.5. The van der Waals surface area contributed by atoms with Gasteiger partial charge in [-0.25, -0.2) is 0 Å². The lowest BCUT2D eigenvalue weighted by Gasteiger charge is -2.70. The molecular formula is C27H48O2. The molecule has 2 heteroatoms. The predicted octanol–water partition coefficient (Wildman–Crippen LogP) is 6.44. The van der Waals surface area contributed by atoms with Crippen molar-refractivity contribution in [2.24, 2.45) is 51.2 Å². The minimum Gasteiger partial charge on any atom is -0.396 e. The van der Waals surface area contributed by atoms with Gasteiger partial charge in [0.1, 0.15) is 0 Å². The van der Waals surface area contributed by atoms with E-state index in [9.17, 15) is 10.2 Å². The van der Waals surface area contributed by atoms with E-state index in [-0.39, 0.29) is 11.5 Å². The molecule has 0 aromatic carbocycles. The maximum Gasteiger partial charge on any atom is 0.0512 e. The summed E-state index contributed by atoms with van der Waals surface area (Å²) in [5.74, 6) is 3.82. The average molecular weight is 405 g/mol. The standard InChI is InChI=1S/C27H48O2/c1-18-9-14-27(17-28)16-15-25(5)21(23(18)27)7-8-22-24(4,12-11-20(3)29)19(2)10-13-26(22,25)6/h18-23,28-29H,7-17H2,1-6H3/t18?,19?,20?,21?,22?,23?,24?,25-,26?,27?/m1/s1. The van der Waals surface area contributed by atoms with Crippen LogP contribution < -0.4 is 0 Å². The van der Waals surface area contributed by atoms with Gasteiger partial charge in [-0.15, -0.1) is 0 Å². The smallest absolute Gasteiger partial charge is 0.0512 e. The van der Waals surface area contributed by atoms with E-state index in [4.69, 9.17) is 0 Å². The highest BCUT2D eigenvalue weighted by Gasteiger charge is 2.68. The summed E-state index contributed by atoms with van der Waals surface area (Å²) in [5.41, 5.74) is 1.39. The Morgan fingerprint density at radius 1 is 0.897 bits per heavy atom. The number of hydrogen-bond donors (Lipinski definition) is 2. The molecule has 0 saturated heterocycles. The Labute approximate surface area is 180 Å². The Balaban J connectivity index is 1.70. The van der Waals surface area contributed by atoms with Gasteiger partial charge in [0.05, 0.1) is 6.10 Å². The summed E-state index contributed by atoms with van der Waals surface area (Å²) in [4.78, 5) is 0. The second kappa shape index (κ2) is 7.22. The van der Waals surface area contributed by atoms with E-state index < -0.39 is 0 Å². The van der Waals surface area contributed by atoms with Gasteiger partial charge in [0.15, 0.2) is 0 Å². The molecule has 4 aliphatic carbocycles. The molecule has 0 amide bonds. The molecule has 0 aromatic rings. The topological polar surface area (TPSA) is 40.5 Å². The van der Waals surface area contributed by atoms with Crippen molar-refractivity contribution < 1.29 is 10.2 Å². The summed E-state index contributed by atoms with van der Waals surface area (Å²) >= 11 is 0. The molecule has 4 aliphatic rings. The van der Waals surface area contributed by atoms with E-state index in [0.29, 0.717) is 22.9 Å². The predicted molar refractivity (Wildman–Crippen MR) is 120 cm³/mol. The van der Waals surface area contributed by atoms with Crippen LogP contribution in [-0.4, -0.2) is 22.9 Å². The van der Waals surface area contributed by atoms with Gasteiger partial charge < -0.3 is 10.2 Å². The van der Waals surface area contributed by atoms with Crippen LogP contribution in [0.25, 0.3) is 0 Å². The number of aliphatic hydroxyl groups excluding tert-OH is 2. The third kappa shape index (κ3) is 2.94. The molecule has 29 heavy (non-hydrogen) atoms. The molecular weight excluding hydrogens is 356 g/mol. The minimum absolute atomic E-state index is 0.182. The van der Waals surface area contributed by atoms with Crippen LogP contribution in [-0.2, 0) is 0 Å². The highest BCUT2D eigenvalue weighted by molar-refractivity contribution is 5.16. The quantitative estimate of drug-likeness (QED) is 0.566. The van der Waals surface area contributed by atoms with Crippen molar-refractivity contribution in [3.63, 3.8) is 0 Å². The first kappa shape index (κ1) is 22.1. The summed E-state index contributed by atoms with van der Waals surface area (Å²) in [6.07, 6.45) is 12.5. The SMILES string of the molecule is CC(O)CCC1(C)C(C)CCC2(C)C1CCC1C3C(C)CCC3(CO)CC[C@]12C. The van der Waals surface area contributed by atoms with Crippen molar-refractivity contribution in [2.45, 2.75) is 112 Å². The van der Waals surface area contributed by atoms with E-state index in [1.54, 1.807) is 0 Å². The average Bonchev–Trinajstić information content (AvgIpc) is 3.02. The van der Waals surface area contributed by atoms with Crippen molar-refractivity contribution in [3.8, 4) is 0 Å². The van der Waals surface area contributed by atoms with Crippen LogP contribution in [0, 0.1) is 51.2 Å². The highest BCUT2D eigenvalue weighted by Crippen LogP contribution is 2.75. The number of rotatable bonds is 4. The molecule has 10 atom stereocenters. The second-order valence-electron chi connectivity index (χ2n) is 13.0. The Morgan fingerprint density at radius 2 is 1.62 bits per heavy atom. The first-order valence-electron chi connectivity index (χ1n) is 12.8. The molecule has 0 radical (unpaired) electrons. The van der Waals surface area contributed by atoms with Gasteiger partial charge in [0.25, 0.3) is 0 Å². The highest BCUT2D eigenvalue weighted by atomic mass is 16.3. The number of fused-ring (bicyclic) bond motifs is 5. The monoisotopic (exact) mass is 404 g/mol. The maximum absolute atomic E-state index is 10.5. The van der Waals surface area contributed by atoms with Crippen LogP contribution in [0.5, 0.6) is 0 Å². The molecule has 0 heterocycles. The van der Waals surface area contributed by atoms with Gasteiger partial charge in [-0.3, -0.25) is 0 Å². The zero-order chi connectivity index (χ0) is 21.2. The largest absolute Gasteiger partial charge is 0.396 e. The molecule has 0 bridgehead atoms. The Hall–Kier alpha value is -0.0800. The first-order chi connectivity index (χ1) is 13.5. The fourth-order valence-electron chi connectivity index (χ4n) is 9.85. The summed E-state index contributed by atoms with van der Waals surface area (Å²) in [5, 5.41) is 20.5. The van der Waals surface area contributed by atoms with Crippen LogP contribution in [0.2, 0.25) is 0 Å². The molecule has 4 fully saturated rings. The molecule has 0 spiro atoms. The van der Waals surface area contributed by atoms with E-state index in [0.717, 1.165) is 36.0 Å². The van der Waals surface area contributed by atoms with Gasteiger partial charge in [-0.1, -0.05) is 34.6 Å². The van der Waals surface area contributed by atoms with Crippen molar-refractivity contribution in [3.05, 3.63) is 0 Å². The molecule has 2 nitrogen and oxygen atoms in total. The molecule has 0 aromatic heterocycles. The van der Waals surface area contributed by atoms with Crippen molar-refractivity contribution in [1.29, 1.82) is 0 Å². The van der Waals surface area contributed by atoms with Crippen LogP contribution in [0.3, 0.4) is 0 Å².